The Hall–Kier alpha value is -3.94. The first-order valence-electron chi connectivity index (χ1n) is 9.21. The van der Waals surface area contributed by atoms with Crippen LogP contribution < -0.4 is 10.6 Å². The van der Waals surface area contributed by atoms with E-state index in [0.29, 0.717) is 25.5 Å². The number of H-pyrrole nitrogens is 1. The van der Waals surface area contributed by atoms with E-state index in [1.54, 1.807) is 29.4 Å². The molecule has 0 atom stereocenters. The number of hydrogen-bond acceptors (Lipinski definition) is 4. The third kappa shape index (κ3) is 4.49. The van der Waals surface area contributed by atoms with Crippen molar-refractivity contribution in [2.75, 3.05) is 5.32 Å². The molecule has 3 N–H and O–H groups in total. The van der Waals surface area contributed by atoms with Gasteiger partial charge in [0.1, 0.15) is 0 Å². The Bertz CT molecular complexity index is 1030. The predicted molar refractivity (Wildman–Crippen MR) is 108 cm³/mol. The van der Waals surface area contributed by atoms with Crippen molar-refractivity contribution in [2.45, 2.75) is 19.6 Å². The van der Waals surface area contributed by atoms with Crippen molar-refractivity contribution in [3.8, 4) is 0 Å². The van der Waals surface area contributed by atoms with Gasteiger partial charge in [-0.05, 0) is 23.3 Å². The number of aromatic amines is 1. The molecule has 146 valence electrons. The molecule has 0 saturated carbocycles. The maximum absolute atomic E-state index is 12.5. The molecule has 1 aliphatic heterocycles. The van der Waals surface area contributed by atoms with E-state index < -0.39 is 0 Å². The Labute approximate surface area is 167 Å². The molecule has 0 spiro atoms. The van der Waals surface area contributed by atoms with E-state index in [1.807, 2.05) is 36.4 Å². The second-order valence-corrected chi connectivity index (χ2v) is 6.64. The van der Waals surface area contributed by atoms with Crippen LogP contribution in [0.25, 0.3) is 6.08 Å². The van der Waals surface area contributed by atoms with Gasteiger partial charge in [-0.15, -0.1) is 0 Å². The summed E-state index contributed by atoms with van der Waals surface area (Å²) in [6, 6.07) is 13.2. The topological polar surface area (TPSA) is 103 Å². The normalized spacial score (nSPS) is 12.8. The molecule has 3 amide bonds. The van der Waals surface area contributed by atoms with Gasteiger partial charge in [0.05, 0.1) is 18.8 Å². The van der Waals surface area contributed by atoms with Gasteiger partial charge in [-0.2, -0.15) is 5.10 Å². The summed E-state index contributed by atoms with van der Waals surface area (Å²) in [5, 5.41) is 12.7. The van der Waals surface area contributed by atoms with E-state index >= 15 is 0 Å². The largest absolute Gasteiger partial charge is 0.334 e. The third-order valence-electron chi connectivity index (χ3n) is 4.58. The van der Waals surface area contributed by atoms with Crippen molar-refractivity contribution in [3.63, 3.8) is 0 Å². The van der Waals surface area contributed by atoms with Crippen molar-refractivity contribution < 1.29 is 9.59 Å². The lowest BCUT2D eigenvalue weighted by atomic mass is 10.2. The fraction of sp³-hybridized carbons (Fsp3) is 0.143. The van der Waals surface area contributed by atoms with Crippen LogP contribution in [0, 0.1) is 0 Å². The maximum atomic E-state index is 12.5. The van der Waals surface area contributed by atoms with Crippen molar-refractivity contribution in [1.29, 1.82) is 0 Å². The first-order valence-corrected chi connectivity index (χ1v) is 9.21. The molecule has 8 heteroatoms. The number of nitrogens with zero attached hydrogens (tertiary/aromatic N) is 3. The SMILES string of the molecule is O=C(C=Cc1cccnc1)Nc1n[nH]c2c1CN(C(=O)NCc1ccccc1)C2. The minimum absolute atomic E-state index is 0.160. The number of urea groups is 1. The molecule has 2 aromatic heterocycles. The Morgan fingerprint density at radius 1 is 1.14 bits per heavy atom. The van der Waals surface area contributed by atoms with Gasteiger partial charge < -0.3 is 15.5 Å². The molecule has 0 fully saturated rings. The molecule has 0 aliphatic carbocycles. The highest BCUT2D eigenvalue weighted by Crippen LogP contribution is 2.27. The number of anilines is 1. The molecule has 3 heterocycles. The summed E-state index contributed by atoms with van der Waals surface area (Å²) in [6.07, 6.45) is 6.45. The van der Waals surface area contributed by atoms with Crippen molar-refractivity contribution >= 4 is 23.8 Å². The lowest BCUT2D eigenvalue weighted by molar-refractivity contribution is -0.111. The number of nitrogens with one attached hydrogen (secondary N) is 3. The summed E-state index contributed by atoms with van der Waals surface area (Å²) in [4.78, 5) is 30.3. The van der Waals surface area contributed by atoms with Crippen LogP contribution in [-0.4, -0.2) is 32.0 Å². The van der Waals surface area contributed by atoms with E-state index in [1.165, 1.54) is 6.08 Å². The third-order valence-corrected chi connectivity index (χ3v) is 4.58. The van der Waals surface area contributed by atoms with Gasteiger partial charge in [0.25, 0.3) is 0 Å². The average Bonchev–Trinajstić information content (AvgIpc) is 3.34. The summed E-state index contributed by atoms with van der Waals surface area (Å²) in [7, 11) is 0. The average molecular weight is 388 g/mol. The van der Waals surface area contributed by atoms with Gasteiger partial charge in [0, 0.05) is 30.6 Å². The molecule has 29 heavy (non-hydrogen) atoms. The summed E-state index contributed by atoms with van der Waals surface area (Å²) in [6.45, 7) is 1.27. The number of pyridine rings is 1. The summed E-state index contributed by atoms with van der Waals surface area (Å²) in [5.74, 6) is 0.148. The van der Waals surface area contributed by atoms with Crippen LogP contribution in [0.2, 0.25) is 0 Å². The number of carbonyl (C=O) groups is 2. The van der Waals surface area contributed by atoms with Gasteiger partial charge in [-0.1, -0.05) is 36.4 Å². The number of benzene rings is 1. The van der Waals surface area contributed by atoms with E-state index in [0.717, 1.165) is 22.4 Å². The molecule has 8 nitrogen and oxygen atoms in total. The zero-order chi connectivity index (χ0) is 20.1. The molecule has 1 aliphatic rings. The van der Waals surface area contributed by atoms with Crippen LogP contribution in [0.3, 0.4) is 0 Å². The number of carbonyl (C=O) groups excluding carboxylic acids is 2. The number of amides is 3. The molecule has 3 aromatic rings. The highest BCUT2D eigenvalue weighted by molar-refractivity contribution is 6.01. The minimum atomic E-state index is -0.296. The van der Waals surface area contributed by atoms with Crippen molar-refractivity contribution in [2.24, 2.45) is 0 Å². The molecular weight excluding hydrogens is 368 g/mol. The number of aromatic nitrogens is 3. The lowest BCUT2D eigenvalue weighted by Crippen LogP contribution is -2.36. The smallest absolute Gasteiger partial charge is 0.318 e. The zero-order valence-corrected chi connectivity index (χ0v) is 15.6. The van der Waals surface area contributed by atoms with Crippen molar-refractivity contribution in [3.05, 3.63) is 83.3 Å². The molecular formula is C21H20N6O2. The van der Waals surface area contributed by atoms with Crippen LogP contribution in [-0.2, 0) is 24.4 Å². The van der Waals surface area contributed by atoms with Gasteiger partial charge in [0.15, 0.2) is 5.82 Å². The molecule has 1 aromatic carbocycles. The summed E-state index contributed by atoms with van der Waals surface area (Å²) >= 11 is 0. The van der Waals surface area contributed by atoms with Gasteiger partial charge in [-0.25, -0.2) is 4.79 Å². The second kappa shape index (κ2) is 8.39. The summed E-state index contributed by atoms with van der Waals surface area (Å²) < 4.78 is 0. The van der Waals surface area contributed by atoms with E-state index in [-0.39, 0.29) is 11.9 Å². The number of rotatable bonds is 5. The molecule has 0 unspecified atom stereocenters. The monoisotopic (exact) mass is 388 g/mol. The molecule has 0 bridgehead atoms. The zero-order valence-electron chi connectivity index (χ0n) is 15.6. The molecule has 4 rings (SSSR count). The van der Waals surface area contributed by atoms with Gasteiger partial charge >= 0.3 is 6.03 Å². The van der Waals surface area contributed by atoms with E-state index in [2.05, 4.69) is 25.8 Å². The Kier molecular flexibility index (Phi) is 5.33. The fourth-order valence-electron chi connectivity index (χ4n) is 3.08. The first kappa shape index (κ1) is 18.4. The van der Waals surface area contributed by atoms with Crippen LogP contribution in [0.15, 0.2) is 60.9 Å². The quantitative estimate of drug-likeness (QED) is 0.585. The van der Waals surface area contributed by atoms with Gasteiger partial charge in [-0.3, -0.25) is 14.9 Å². The van der Waals surface area contributed by atoms with Crippen LogP contribution in [0.5, 0.6) is 0 Å². The maximum Gasteiger partial charge on any atom is 0.318 e. The molecule has 0 saturated heterocycles. The van der Waals surface area contributed by atoms with E-state index in [9.17, 15) is 9.59 Å². The van der Waals surface area contributed by atoms with Crippen LogP contribution >= 0.6 is 0 Å². The highest BCUT2D eigenvalue weighted by atomic mass is 16.2. The Balaban J connectivity index is 1.33. The Morgan fingerprint density at radius 2 is 2.00 bits per heavy atom. The first-order chi connectivity index (χ1) is 14.2. The Morgan fingerprint density at radius 3 is 2.79 bits per heavy atom. The number of hydrogen-bond donors (Lipinski definition) is 3. The fourth-order valence-corrected chi connectivity index (χ4v) is 3.08. The van der Waals surface area contributed by atoms with Crippen LogP contribution in [0.1, 0.15) is 22.4 Å². The predicted octanol–water partition coefficient (Wildman–Crippen LogP) is 2.68. The van der Waals surface area contributed by atoms with E-state index in [4.69, 9.17) is 0 Å². The standard InChI is InChI=1S/C21H20N6O2/c28-19(9-8-16-7-4-10-22-11-16)24-20-17-13-27(14-18(17)25-26-20)21(29)23-12-15-5-2-1-3-6-15/h1-11H,12-14H2,(H,23,29)(H2,24,25,26,28). The van der Waals surface area contributed by atoms with Crippen molar-refractivity contribution in [1.82, 2.24) is 25.4 Å². The minimum Gasteiger partial charge on any atom is -0.334 e. The summed E-state index contributed by atoms with van der Waals surface area (Å²) in [5.41, 5.74) is 3.51. The lowest BCUT2D eigenvalue weighted by Gasteiger charge is -2.16. The molecule has 0 radical (unpaired) electrons. The number of fused-ring (bicyclic) bond motifs is 1. The van der Waals surface area contributed by atoms with Gasteiger partial charge in [0.2, 0.25) is 5.91 Å². The van der Waals surface area contributed by atoms with Crippen LogP contribution in [0.4, 0.5) is 10.6 Å². The highest BCUT2D eigenvalue weighted by Gasteiger charge is 2.28. The second-order valence-electron chi connectivity index (χ2n) is 6.64.